The number of amides is 1. The minimum Gasteiger partial charge on any atom is -0.355 e. The molecule has 2 N–H and O–H groups in total. The smallest absolute Gasteiger partial charge is 0.237 e. The van der Waals surface area contributed by atoms with Crippen molar-refractivity contribution in [2.24, 2.45) is 0 Å². The quantitative estimate of drug-likeness (QED) is 0.620. The lowest BCUT2D eigenvalue weighted by Gasteiger charge is -2.10. The molecule has 0 saturated carbocycles. The fourth-order valence-electron chi connectivity index (χ4n) is 2.04. The molecule has 0 aromatic heterocycles. The van der Waals surface area contributed by atoms with E-state index in [4.69, 9.17) is 0 Å². The van der Waals surface area contributed by atoms with E-state index in [0.717, 1.165) is 36.5 Å². The maximum atomic E-state index is 12.7. The Morgan fingerprint density at radius 3 is 2.89 bits per heavy atom. The third kappa shape index (κ3) is 4.84. The van der Waals surface area contributed by atoms with Crippen molar-refractivity contribution in [2.75, 3.05) is 18.8 Å². The first kappa shape index (κ1) is 14.3. The molecule has 0 bridgehead atoms. The average Bonchev–Trinajstić information content (AvgIpc) is 2.94. The Hall–Kier alpha value is -1.07. The highest BCUT2D eigenvalue weighted by Gasteiger charge is 2.20. The highest BCUT2D eigenvalue weighted by molar-refractivity contribution is 7.99. The van der Waals surface area contributed by atoms with Gasteiger partial charge in [0.2, 0.25) is 5.91 Å². The van der Waals surface area contributed by atoms with Crippen molar-refractivity contribution in [1.82, 2.24) is 10.6 Å². The van der Waals surface area contributed by atoms with Gasteiger partial charge in [0.05, 0.1) is 6.04 Å². The zero-order valence-corrected chi connectivity index (χ0v) is 11.6. The summed E-state index contributed by atoms with van der Waals surface area (Å²) in [7, 11) is 0. The monoisotopic (exact) mass is 282 g/mol. The molecule has 0 spiro atoms. The number of benzene rings is 1. The van der Waals surface area contributed by atoms with Crippen LogP contribution < -0.4 is 10.6 Å². The van der Waals surface area contributed by atoms with E-state index in [2.05, 4.69) is 10.6 Å². The zero-order valence-electron chi connectivity index (χ0n) is 10.8. The summed E-state index contributed by atoms with van der Waals surface area (Å²) in [5.74, 6) is 0.828. The topological polar surface area (TPSA) is 41.1 Å². The summed E-state index contributed by atoms with van der Waals surface area (Å²) in [6.07, 6.45) is 2.94. The van der Waals surface area contributed by atoms with Crippen molar-refractivity contribution in [3.8, 4) is 0 Å². The molecular formula is C14H19FN2OS. The molecule has 1 amide bonds. The van der Waals surface area contributed by atoms with Gasteiger partial charge in [-0.1, -0.05) is 0 Å². The first-order chi connectivity index (χ1) is 9.25. The number of halogens is 1. The molecule has 1 aliphatic rings. The molecule has 1 fully saturated rings. The van der Waals surface area contributed by atoms with Crippen LogP contribution in [0.15, 0.2) is 29.2 Å². The molecule has 1 unspecified atom stereocenters. The summed E-state index contributed by atoms with van der Waals surface area (Å²) in [6.45, 7) is 1.64. The molecule has 2 rings (SSSR count). The summed E-state index contributed by atoms with van der Waals surface area (Å²) in [4.78, 5) is 12.8. The van der Waals surface area contributed by atoms with E-state index >= 15 is 0 Å². The number of rotatable bonds is 6. The Morgan fingerprint density at radius 2 is 2.21 bits per heavy atom. The number of hydrogen-bond donors (Lipinski definition) is 2. The molecule has 1 atom stereocenters. The van der Waals surface area contributed by atoms with Crippen molar-refractivity contribution in [2.45, 2.75) is 30.2 Å². The second kappa shape index (κ2) is 7.50. The molecule has 1 aliphatic heterocycles. The SMILES string of the molecule is O=C(NCCCSc1ccc(F)cc1)C1CCCN1. The van der Waals surface area contributed by atoms with Crippen molar-refractivity contribution < 1.29 is 9.18 Å². The van der Waals surface area contributed by atoms with Gasteiger partial charge in [0.1, 0.15) is 5.82 Å². The Morgan fingerprint density at radius 1 is 1.42 bits per heavy atom. The molecule has 1 saturated heterocycles. The fourth-order valence-corrected chi connectivity index (χ4v) is 2.89. The van der Waals surface area contributed by atoms with Crippen LogP contribution in [0.3, 0.4) is 0 Å². The molecule has 19 heavy (non-hydrogen) atoms. The van der Waals surface area contributed by atoms with Gasteiger partial charge < -0.3 is 10.6 Å². The van der Waals surface area contributed by atoms with Crippen LogP contribution in [0.2, 0.25) is 0 Å². The Kier molecular flexibility index (Phi) is 5.66. The summed E-state index contributed by atoms with van der Waals surface area (Å²) in [5.41, 5.74) is 0. The predicted octanol–water partition coefficient (Wildman–Crippen LogP) is 2.18. The van der Waals surface area contributed by atoms with Crippen molar-refractivity contribution in [3.05, 3.63) is 30.1 Å². The van der Waals surface area contributed by atoms with Gasteiger partial charge in [-0.25, -0.2) is 4.39 Å². The van der Waals surface area contributed by atoms with Crippen molar-refractivity contribution in [1.29, 1.82) is 0 Å². The first-order valence-electron chi connectivity index (χ1n) is 6.65. The maximum Gasteiger partial charge on any atom is 0.237 e. The first-order valence-corrected chi connectivity index (χ1v) is 7.64. The summed E-state index contributed by atoms with van der Waals surface area (Å²) in [6, 6.07) is 6.50. The minimum atomic E-state index is -0.208. The van der Waals surface area contributed by atoms with Gasteiger partial charge in [0.25, 0.3) is 0 Å². The summed E-state index contributed by atoms with van der Waals surface area (Å²) >= 11 is 1.68. The molecule has 1 aromatic carbocycles. The van der Waals surface area contributed by atoms with Crippen LogP contribution in [0.5, 0.6) is 0 Å². The zero-order chi connectivity index (χ0) is 13.5. The summed E-state index contributed by atoms with van der Waals surface area (Å²) < 4.78 is 12.7. The average molecular weight is 282 g/mol. The largest absolute Gasteiger partial charge is 0.355 e. The van der Waals surface area contributed by atoms with E-state index in [1.54, 1.807) is 23.9 Å². The van der Waals surface area contributed by atoms with Gasteiger partial charge in [-0.05, 0) is 55.8 Å². The van der Waals surface area contributed by atoms with Crippen LogP contribution in [0, 0.1) is 5.82 Å². The van der Waals surface area contributed by atoms with Gasteiger partial charge in [-0.15, -0.1) is 11.8 Å². The fraction of sp³-hybridized carbons (Fsp3) is 0.500. The number of thioether (sulfide) groups is 1. The van der Waals surface area contributed by atoms with Gasteiger partial charge >= 0.3 is 0 Å². The van der Waals surface area contributed by atoms with Crippen LogP contribution in [-0.2, 0) is 4.79 Å². The van der Waals surface area contributed by atoms with Crippen molar-refractivity contribution in [3.63, 3.8) is 0 Å². The standard InChI is InChI=1S/C14H19FN2OS/c15-11-4-6-12(7-5-11)19-10-2-9-17-14(18)13-3-1-8-16-13/h4-7,13,16H,1-3,8-10H2,(H,17,18). The highest BCUT2D eigenvalue weighted by Crippen LogP contribution is 2.18. The Balaban J connectivity index is 1.56. The number of nitrogens with one attached hydrogen (secondary N) is 2. The molecule has 1 heterocycles. The van der Waals surface area contributed by atoms with Gasteiger partial charge in [-0.3, -0.25) is 4.79 Å². The second-order valence-electron chi connectivity index (χ2n) is 4.60. The van der Waals surface area contributed by atoms with Crippen LogP contribution in [0.1, 0.15) is 19.3 Å². The molecule has 1 aromatic rings. The van der Waals surface area contributed by atoms with Crippen LogP contribution in [0.25, 0.3) is 0 Å². The number of hydrogen-bond acceptors (Lipinski definition) is 3. The number of carbonyl (C=O) groups excluding carboxylic acids is 1. The molecule has 5 heteroatoms. The minimum absolute atomic E-state index is 0.00440. The molecule has 3 nitrogen and oxygen atoms in total. The molecule has 0 radical (unpaired) electrons. The lowest BCUT2D eigenvalue weighted by molar-refractivity contribution is -0.122. The van der Waals surface area contributed by atoms with Crippen LogP contribution >= 0.6 is 11.8 Å². The van der Waals surface area contributed by atoms with Crippen LogP contribution in [0.4, 0.5) is 4.39 Å². The normalized spacial score (nSPS) is 18.5. The van der Waals surface area contributed by atoms with E-state index in [1.807, 2.05) is 0 Å². The third-order valence-corrected chi connectivity index (χ3v) is 4.18. The molecular weight excluding hydrogens is 263 g/mol. The highest BCUT2D eigenvalue weighted by atomic mass is 32.2. The Labute approximate surface area is 117 Å². The van der Waals surface area contributed by atoms with Crippen LogP contribution in [-0.4, -0.2) is 30.8 Å². The summed E-state index contributed by atoms with van der Waals surface area (Å²) in [5, 5.41) is 6.12. The third-order valence-electron chi connectivity index (χ3n) is 3.08. The molecule has 0 aliphatic carbocycles. The lowest BCUT2D eigenvalue weighted by Crippen LogP contribution is -2.40. The van der Waals surface area contributed by atoms with E-state index in [0.29, 0.717) is 6.54 Å². The molecule has 104 valence electrons. The van der Waals surface area contributed by atoms with Gasteiger partial charge in [0.15, 0.2) is 0 Å². The van der Waals surface area contributed by atoms with E-state index < -0.39 is 0 Å². The lowest BCUT2D eigenvalue weighted by atomic mass is 10.2. The Bertz CT molecular complexity index is 404. The van der Waals surface area contributed by atoms with Crippen molar-refractivity contribution >= 4 is 17.7 Å². The van der Waals surface area contributed by atoms with E-state index in [-0.39, 0.29) is 17.8 Å². The second-order valence-corrected chi connectivity index (χ2v) is 5.76. The predicted molar refractivity (Wildman–Crippen MR) is 75.8 cm³/mol. The van der Waals surface area contributed by atoms with E-state index in [9.17, 15) is 9.18 Å². The van der Waals surface area contributed by atoms with Gasteiger partial charge in [0, 0.05) is 11.4 Å². The van der Waals surface area contributed by atoms with E-state index in [1.165, 1.54) is 12.1 Å². The maximum absolute atomic E-state index is 12.7. The van der Waals surface area contributed by atoms with Gasteiger partial charge in [-0.2, -0.15) is 0 Å². The number of carbonyl (C=O) groups is 1.